The number of oxazole rings is 1. The molecular weight excluding hydrogens is 552 g/mol. The van der Waals surface area contributed by atoms with Crippen molar-refractivity contribution in [3.8, 4) is 17.2 Å². The van der Waals surface area contributed by atoms with Crippen LogP contribution in [0.2, 0.25) is 0 Å². The molecule has 0 fully saturated rings. The van der Waals surface area contributed by atoms with Crippen molar-refractivity contribution < 1.29 is 23.8 Å². The number of benzene rings is 3. The number of hydrogen-bond acceptors (Lipinski definition) is 6. The Hall–Kier alpha value is -4.65. The number of aliphatic carboxylic acids is 1. The molecule has 7 heteroatoms. The fourth-order valence-corrected chi connectivity index (χ4v) is 4.96. The van der Waals surface area contributed by atoms with Gasteiger partial charge in [-0.3, -0.25) is 4.79 Å². The number of carboxylic acids is 1. The summed E-state index contributed by atoms with van der Waals surface area (Å²) in [5.41, 5.74) is 3.88. The largest absolute Gasteiger partial charge is 0.493 e. The molecule has 0 spiro atoms. The van der Waals surface area contributed by atoms with Gasteiger partial charge in [0.2, 0.25) is 5.89 Å². The van der Waals surface area contributed by atoms with E-state index < -0.39 is 12.0 Å². The minimum atomic E-state index is -0.966. The first-order valence-corrected chi connectivity index (χ1v) is 15.5. The zero-order valence-electron chi connectivity index (χ0n) is 25.6. The molecule has 0 aliphatic heterocycles. The van der Waals surface area contributed by atoms with Gasteiger partial charge in [-0.1, -0.05) is 93.3 Å². The van der Waals surface area contributed by atoms with Gasteiger partial charge in [-0.25, -0.2) is 9.78 Å². The van der Waals surface area contributed by atoms with Crippen molar-refractivity contribution in [3.05, 3.63) is 119 Å². The Labute approximate surface area is 260 Å². The molecule has 0 amide bonds. The third-order valence-corrected chi connectivity index (χ3v) is 7.46. The van der Waals surface area contributed by atoms with Gasteiger partial charge in [0.15, 0.2) is 5.78 Å². The van der Waals surface area contributed by atoms with Crippen LogP contribution in [0, 0.1) is 6.92 Å². The highest BCUT2D eigenvalue weighted by Gasteiger charge is 2.20. The highest BCUT2D eigenvalue weighted by molar-refractivity contribution is 6.04. The van der Waals surface area contributed by atoms with Crippen molar-refractivity contribution in [1.82, 2.24) is 10.3 Å². The Morgan fingerprint density at radius 3 is 2.30 bits per heavy atom. The van der Waals surface area contributed by atoms with Crippen molar-refractivity contribution in [1.29, 1.82) is 0 Å². The van der Waals surface area contributed by atoms with Crippen LogP contribution in [0.15, 0.2) is 101 Å². The number of unbranched alkanes of at least 4 members (excludes halogenated alkanes) is 4. The van der Waals surface area contributed by atoms with Crippen LogP contribution in [0.1, 0.15) is 72.8 Å². The SMILES string of the molecule is CCCCCCC/C(=C\C(=O)c1ccccc1)N[C@@H](Cc1ccc(OCCc2nc(-c3ccccc3)oc2C)cc1)C(=O)O. The smallest absolute Gasteiger partial charge is 0.326 e. The average molecular weight is 595 g/mol. The fourth-order valence-electron chi connectivity index (χ4n) is 4.96. The molecule has 0 aliphatic carbocycles. The van der Waals surface area contributed by atoms with Crippen LogP contribution in [0.5, 0.6) is 5.75 Å². The summed E-state index contributed by atoms with van der Waals surface area (Å²) in [6, 6.07) is 25.4. The highest BCUT2D eigenvalue weighted by atomic mass is 16.5. The molecule has 4 aromatic rings. The third kappa shape index (κ3) is 9.97. The van der Waals surface area contributed by atoms with E-state index >= 15 is 0 Å². The molecule has 1 aromatic heterocycles. The predicted molar refractivity (Wildman–Crippen MR) is 173 cm³/mol. The predicted octanol–water partition coefficient (Wildman–Crippen LogP) is 7.98. The molecule has 44 heavy (non-hydrogen) atoms. The van der Waals surface area contributed by atoms with Crippen molar-refractivity contribution >= 4 is 11.8 Å². The number of aromatic nitrogens is 1. The Bertz CT molecular complexity index is 1490. The van der Waals surface area contributed by atoms with Crippen LogP contribution in [-0.4, -0.2) is 34.5 Å². The quantitative estimate of drug-likeness (QED) is 0.0684. The van der Waals surface area contributed by atoms with Crippen molar-refractivity contribution in [2.24, 2.45) is 0 Å². The molecule has 0 unspecified atom stereocenters. The maximum atomic E-state index is 12.9. The molecule has 0 aliphatic rings. The van der Waals surface area contributed by atoms with Gasteiger partial charge in [0.25, 0.3) is 0 Å². The lowest BCUT2D eigenvalue weighted by molar-refractivity contribution is -0.139. The summed E-state index contributed by atoms with van der Waals surface area (Å²) in [4.78, 5) is 29.8. The summed E-state index contributed by atoms with van der Waals surface area (Å²) in [7, 11) is 0. The molecule has 0 bridgehead atoms. The van der Waals surface area contributed by atoms with Gasteiger partial charge >= 0.3 is 5.97 Å². The number of carbonyl (C=O) groups excluding carboxylic acids is 1. The number of aryl methyl sites for hydroxylation is 1. The molecule has 4 rings (SSSR count). The first kappa shape index (κ1) is 32.3. The summed E-state index contributed by atoms with van der Waals surface area (Å²) >= 11 is 0. The first-order chi connectivity index (χ1) is 21.4. The van der Waals surface area contributed by atoms with Gasteiger partial charge in [-0.15, -0.1) is 0 Å². The van der Waals surface area contributed by atoms with Crippen LogP contribution in [0.3, 0.4) is 0 Å². The van der Waals surface area contributed by atoms with Gasteiger partial charge in [-0.2, -0.15) is 0 Å². The van der Waals surface area contributed by atoms with Crippen molar-refractivity contribution in [2.75, 3.05) is 6.61 Å². The van der Waals surface area contributed by atoms with Crippen LogP contribution < -0.4 is 10.1 Å². The molecular formula is C37H42N2O5. The second-order valence-corrected chi connectivity index (χ2v) is 10.9. The van der Waals surface area contributed by atoms with E-state index in [1.807, 2.05) is 79.7 Å². The lowest BCUT2D eigenvalue weighted by Crippen LogP contribution is -2.38. The summed E-state index contributed by atoms with van der Waals surface area (Å²) in [6.07, 6.45) is 8.42. The Kier molecular flexibility index (Phi) is 12.4. The lowest BCUT2D eigenvalue weighted by atomic mass is 10.0. The van der Waals surface area contributed by atoms with Gasteiger partial charge in [0.1, 0.15) is 17.6 Å². The second-order valence-electron chi connectivity index (χ2n) is 10.9. The number of allylic oxidation sites excluding steroid dienone is 2. The Morgan fingerprint density at radius 2 is 1.61 bits per heavy atom. The molecule has 2 N–H and O–H groups in total. The van der Waals surface area contributed by atoms with Gasteiger partial charge in [0.05, 0.1) is 12.3 Å². The number of nitrogens with zero attached hydrogens (tertiary/aromatic N) is 1. The lowest BCUT2D eigenvalue weighted by Gasteiger charge is -2.19. The Balaban J connectivity index is 1.34. The highest BCUT2D eigenvalue weighted by Crippen LogP contribution is 2.22. The monoisotopic (exact) mass is 594 g/mol. The topological polar surface area (TPSA) is 102 Å². The number of ether oxygens (including phenoxy) is 1. The number of carbonyl (C=O) groups is 2. The van der Waals surface area contributed by atoms with E-state index in [1.54, 1.807) is 18.2 Å². The van der Waals surface area contributed by atoms with Gasteiger partial charge in [-0.05, 0) is 49.6 Å². The first-order valence-electron chi connectivity index (χ1n) is 15.5. The van der Waals surface area contributed by atoms with Crippen LogP contribution in [-0.2, 0) is 17.6 Å². The van der Waals surface area contributed by atoms with E-state index in [0.29, 0.717) is 42.3 Å². The van der Waals surface area contributed by atoms with E-state index in [9.17, 15) is 14.7 Å². The van der Waals surface area contributed by atoms with E-state index in [0.717, 1.165) is 48.3 Å². The normalized spacial score (nSPS) is 12.1. The van der Waals surface area contributed by atoms with Crippen molar-refractivity contribution in [2.45, 2.75) is 71.3 Å². The number of nitrogens with one attached hydrogen (secondary N) is 1. The van der Waals surface area contributed by atoms with Crippen LogP contribution >= 0.6 is 0 Å². The summed E-state index contributed by atoms with van der Waals surface area (Å²) < 4.78 is 11.8. The number of rotatable bonds is 18. The molecule has 0 saturated heterocycles. The van der Waals surface area contributed by atoms with E-state index in [-0.39, 0.29) is 12.2 Å². The molecule has 0 saturated carbocycles. The van der Waals surface area contributed by atoms with E-state index in [1.165, 1.54) is 6.42 Å². The molecule has 7 nitrogen and oxygen atoms in total. The summed E-state index contributed by atoms with van der Waals surface area (Å²) in [5.74, 6) is 0.966. The fraction of sp³-hybridized carbons (Fsp3) is 0.324. The number of ketones is 1. The molecule has 230 valence electrons. The molecule has 3 aromatic carbocycles. The average Bonchev–Trinajstić information content (AvgIpc) is 3.42. The Morgan fingerprint density at radius 1 is 0.932 bits per heavy atom. The van der Waals surface area contributed by atoms with E-state index in [4.69, 9.17) is 9.15 Å². The maximum absolute atomic E-state index is 12.9. The zero-order chi connectivity index (χ0) is 31.1. The standard InChI is InChI=1S/C37H42N2O5/c1-3-4-5-6-13-18-31(26-35(40)29-14-9-7-10-15-29)38-34(37(41)42)25-28-19-21-32(22-20-28)43-24-23-33-27(2)44-36(39-33)30-16-11-8-12-17-30/h7-12,14-17,19-22,26,34,38H,3-6,13,18,23-25H2,1-2H3,(H,41,42)/b31-26+/t34-/m0/s1. The summed E-state index contributed by atoms with van der Waals surface area (Å²) in [6.45, 7) is 4.51. The zero-order valence-corrected chi connectivity index (χ0v) is 25.6. The molecule has 1 atom stereocenters. The van der Waals surface area contributed by atoms with E-state index in [2.05, 4.69) is 17.2 Å². The van der Waals surface area contributed by atoms with Crippen LogP contribution in [0.4, 0.5) is 0 Å². The van der Waals surface area contributed by atoms with Gasteiger partial charge < -0.3 is 19.6 Å². The number of carboxylic acid groups (broad SMARTS) is 1. The van der Waals surface area contributed by atoms with Crippen LogP contribution in [0.25, 0.3) is 11.5 Å². The van der Waals surface area contributed by atoms with Crippen molar-refractivity contribution in [3.63, 3.8) is 0 Å². The third-order valence-electron chi connectivity index (χ3n) is 7.46. The minimum absolute atomic E-state index is 0.135. The number of hydrogen-bond donors (Lipinski definition) is 2. The summed E-state index contributed by atoms with van der Waals surface area (Å²) in [5, 5.41) is 13.2. The minimum Gasteiger partial charge on any atom is -0.493 e. The van der Waals surface area contributed by atoms with Gasteiger partial charge in [0, 0.05) is 35.7 Å². The molecule has 0 radical (unpaired) electrons. The second kappa shape index (κ2) is 16.8. The molecule has 1 heterocycles. The maximum Gasteiger partial charge on any atom is 0.326 e.